The second-order valence-corrected chi connectivity index (χ2v) is 6.55. The van der Waals surface area contributed by atoms with Gasteiger partial charge < -0.3 is 16.2 Å². The first-order chi connectivity index (χ1) is 8.36. The second-order valence-electron chi connectivity index (χ2n) is 6.55. The number of amidine groups is 1. The van der Waals surface area contributed by atoms with Crippen LogP contribution in [0.3, 0.4) is 0 Å². The van der Waals surface area contributed by atoms with Crippen LogP contribution in [0.25, 0.3) is 0 Å². The van der Waals surface area contributed by atoms with Crippen molar-refractivity contribution >= 4 is 11.7 Å². The molecule has 0 aromatic carbocycles. The molecule has 0 atom stereocenters. The van der Waals surface area contributed by atoms with Gasteiger partial charge in [-0.05, 0) is 27.7 Å². The monoisotopic (exact) mass is 269 g/mol. The van der Waals surface area contributed by atoms with Crippen molar-refractivity contribution in [3.8, 4) is 0 Å². The van der Waals surface area contributed by atoms with Crippen molar-refractivity contribution in [1.29, 1.82) is 0 Å². The van der Waals surface area contributed by atoms with Gasteiger partial charge in [0, 0.05) is 17.5 Å². The minimum Gasteiger partial charge on any atom is -0.512 e. The summed E-state index contributed by atoms with van der Waals surface area (Å²) in [6.45, 7) is 12.9. The Morgan fingerprint density at radius 2 is 1.74 bits per heavy atom. The highest BCUT2D eigenvalue weighted by Gasteiger charge is 2.27. The van der Waals surface area contributed by atoms with Gasteiger partial charge in [0.05, 0.1) is 5.54 Å². The van der Waals surface area contributed by atoms with Crippen LogP contribution in [-0.2, 0) is 4.79 Å². The topological polar surface area (TPSA) is 87.7 Å². The number of allylic oxidation sites excluding steroid dienone is 1. The lowest BCUT2D eigenvalue weighted by Gasteiger charge is -2.25. The van der Waals surface area contributed by atoms with Gasteiger partial charge in [-0.1, -0.05) is 20.8 Å². The molecule has 110 valence electrons. The zero-order valence-electron chi connectivity index (χ0n) is 13.0. The summed E-state index contributed by atoms with van der Waals surface area (Å²) in [5, 5.41) is 12.9. The number of hydrogen-bond donors (Lipinski definition) is 3. The number of amides is 1. The summed E-state index contributed by atoms with van der Waals surface area (Å²) in [5.74, 6) is -0.260. The number of carbonyl (C=O) groups is 1. The fourth-order valence-electron chi connectivity index (χ4n) is 1.43. The standard InChI is InChI=1S/C14H27N3O2/c1-9(2)17-14(6,7)12(19)16-11(15)8-10(18)13(3,4)5/h8-9,17-18H,1-7H3,(H2,15,16,19)/b10-8-. The minimum absolute atomic E-state index is 0.0102. The first-order valence-corrected chi connectivity index (χ1v) is 6.43. The zero-order valence-corrected chi connectivity index (χ0v) is 13.0. The Labute approximate surface area is 116 Å². The van der Waals surface area contributed by atoms with Crippen LogP contribution >= 0.6 is 0 Å². The van der Waals surface area contributed by atoms with Crippen LogP contribution in [0.15, 0.2) is 16.8 Å². The number of aliphatic hydroxyl groups excluding tert-OH is 1. The van der Waals surface area contributed by atoms with E-state index in [-0.39, 0.29) is 23.5 Å². The molecular formula is C14H27N3O2. The quantitative estimate of drug-likeness (QED) is 0.414. The number of aliphatic hydroxyl groups is 1. The summed E-state index contributed by atoms with van der Waals surface area (Å²) in [7, 11) is 0. The third kappa shape index (κ3) is 6.38. The van der Waals surface area contributed by atoms with Crippen molar-refractivity contribution < 1.29 is 9.90 Å². The average molecular weight is 269 g/mol. The van der Waals surface area contributed by atoms with Gasteiger partial charge in [0.2, 0.25) is 0 Å². The Kier molecular flexibility index (Phi) is 5.75. The molecule has 0 radical (unpaired) electrons. The van der Waals surface area contributed by atoms with Crippen LogP contribution in [0, 0.1) is 5.41 Å². The number of nitrogens with zero attached hydrogens (tertiary/aromatic N) is 1. The van der Waals surface area contributed by atoms with Crippen LogP contribution in [0.5, 0.6) is 0 Å². The summed E-state index contributed by atoms with van der Waals surface area (Å²) in [5.41, 5.74) is 4.46. The predicted octanol–water partition coefficient (Wildman–Crippen LogP) is 2.13. The molecule has 0 heterocycles. The van der Waals surface area contributed by atoms with E-state index in [9.17, 15) is 9.90 Å². The zero-order chi connectivity index (χ0) is 15.4. The van der Waals surface area contributed by atoms with Gasteiger partial charge >= 0.3 is 0 Å². The SMILES string of the molecule is CC(C)NC(C)(C)C(=O)N=C(N)/C=C(\O)C(C)(C)C. The predicted molar refractivity (Wildman–Crippen MR) is 79.1 cm³/mol. The van der Waals surface area contributed by atoms with E-state index in [1.54, 1.807) is 13.8 Å². The van der Waals surface area contributed by atoms with Crippen molar-refractivity contribution in [1.82, 2.24) is 5.32 Å². The number of rotatable bonds is 4. The maximum atomic E-state index is 12.0. The van der Waals surface area contributed by atoms with Crippen LogP contribution in [0.2, 0.25) is 0 Å². The van der Waals surface area contributed by atoms with E-state index in [0.29, 0.717) is 0 Å². The van der Waals surface area contributed by atoms with E-state index in [1.807, 2.05) is 34.6 Å². The van der Waals surface area contributed by atoms with Gasteiger partial charge in [0.1, 0.15) is 11.6 Å². The molecule has 0 fully saturated rings. The van der Waals surface area contributed by atoms with Gasteiger partial charge in [-0.25, -0.2) is 0 Å². The molecule has 0 aliphatic carbocycles. The van der Waals surface area contributed by atoms with Gasteiger partial charge in [-0.15, -0.1) is 0 Å². The summed E-state index contributed by atoms with van der Waals surface area (Å²) in [6, 6.07) is 0.161. The first kappa shape index (κ1) is 17.6. The maximum Gasteiger partial charge on any atom is 0.267 e. The number of carbonyl (C=O) groups excluding carboxylic acids is 1. The number of hydrogen-bond acceptors (Lipinski definition) is 3. The van der Waals surface area contributed by atoms with Crippen LogP contribution < -0.4 is 11.1 Å². The van der Waals surface area contributed by atoms with E-state index in [2.05, 4.69) is 10.3 Å². The van der Waals surface area contributed by atoms with Crippen LogP contribution in [0.1, 0.15) is 48.5 Å². The normalized spacial score (nSPS) is 14.9. The Balaban J connectivity index is 5.01. The largest absolute Gasteiger partial charge is 0.512 e. The molecular weight excluding hydrogens is 242 g/mol. The molecule has 0 bridgehead atoms. The molecule has 0 saturated heterocycles. The lowest BCUT2D eigenvalue weighted by atomic mass is 9.93. The van der Waals surface area contributed by atoms with Crippen molar-refractivity contribution in [2.24, 2.45) is 16.1 Å². The fourth-order valence-corrected chi connectivity index (χ4v) is 1.43. The lowest BCUT2D eigenvalue weighted by Crippen LogP contribution is -2.49. The highest BCUT2D eigenvalue weighted by atomic mass is 16.3. The highest BCUT2D eigenvalue weighted by molar-refractivity contribution is 6.02. The Morgan fingerprint density at radius 1 is 1.26 bits per heavy atom. The molecule has 0 aliphatic rings. The number of nitrogens with one attached hydrogen (secondary N) is 1. The molecule has 0 aromatic heterocycles. The highest BCUT2D eigenvalue weighted by Crippen LogP contribution is 2.22. The van der Waals surface area contributed by atoms with E-state index in [4.69, 9.17) is 5.73 Å². The Hall–Kier alpha value is -1.36. The molecule has 5 heteroatoms. The number of aliphatic imine (C=N–C) groups is 1. The molecule has 0 saturated carbocycles. The molecule has 19 heavy (non-hydrogen) atoms. The second kappa shape index (κ2) is 6.19. The molecule has 0 unspecified atom stereocenters. The molecule has 0 spiro atoms. The van der Waals surface area contributed by atoms with Crippen LogP contribution in [0.4, 0.5) is 0 Å². The van der Waals surface area contributed by atoms with E-state index < -0.39 is 11.0 Å². The summed E-state index contributed by atoms with van der Waals surface area (Å²) in [4.78, 5) is 15.8. The maximum absolute atomic E-state index is 12.0. The van der Waals surface area contributed by atoms with E-state index in [1.165, 1.54) is 6.08 Å². The van der Waals surface area contributed by atoms with Gasteiger partial charge in [-0.3, -0.25) is 4.79 Å². The third-order valence-electron chi connectivity index (χ3n) is 2.47. The smallest absolute Gasteiger partial charge is 0.267 e. The Bertz CT molecular complexity index is 388. The molecule has 5 nitrogen and oxygen atoms in total. The third-order valence-corrected chi connectivity index (χ3v) is 2.47. The number of nitrogens with two attached hydrogens (primary N) is 1. The van der Waals surface area contributed by atoms with Crippen molar-refractivity contribution in [3.63, 3.8) is 0 Å². The van der Waals surface area contributed by atoms with E-state index >= 15 is 0 Å². The summed E-state index contributed by atoms with van der Waals surface area (Å²) >= 11 is 0. The first-order valence-electron chi connectivity index (χ1n) is 6.43. The Morgan fingerprint density at radius 3 is 2.11 bits per heavy atom. The van der Waals surface area contributed by atoms with E-state index in [0.717, 1.165) is 0 Å². The van der Waals surface area contributed by atoms with Crippen molar-refractivity contribution in [2.75, 3.05) is 0 Å². The molecule has 0 aliphatic heterocycles. The van der Waals surface area contributed by atoms with Crippen LogP contribution in [-0.4, -0.2) is 28.4 Å². The lowest BCUT2D eigenvalue weighted by molar-refractivity contribution is -0.123. The minimum atomic E-state index is -0.788. The van der Waals surface area contributed by atoms with Gasteiger partial charge in [0.15, 0.2) is 0 Å². The van der Waals surface area contributed by atoms with Crippen molar-refractivity contribution in [3.05, 3.63) is 11.8 Å². The molecule has 1 amide bonds. The molecule has 0 aromatic rings. The summed E-state index contributed by atoms with van der Waals surface area (Å²) < 4.78 is 0. The average Bonchev–Trinajstić information content (AvgIpc) is 2.13. The molecule has 4 N–H and O–H groups in total. The van der Waals surface area contributed by atoms with Gasteiger partial charge in [0.25, 0.3) is 5.91 Å². The van der Waals surface area contributed by atoms with Gasteiger partial charge in [-0.2, -0.15) is 4.99 Å². The summed E-state index contributed by atoms with van der Waals surface area (Å²) in [6.07, 6.45) is 1.32. The fraction of sp³-hybridized carbons (Fsp3) is 0.714. The molecule has 0 rings (SSSR count). The van der Waals surface area contributed by atoms with Crippen molar-refractivity contribution in [2.45, 2.75) is 60.0 Å².